The molecule has 0 saturated carbocycles. The van der Waals surface area contributed by atoms with Gasteiger partial charge in [0, 0.05) is 17.3 Å². The average molecular weight is 1620 g/mol. The SMILES string of the molecule is CC(C)CC(C)OP(OCC(C)OP(OC(C)COP(OC(C)CC(C)C)OC(C)CC(C)C)SCC(C)OP(OC(C)CSP(=O)(OC(C)COP(OC(C)CC(C)C)OC(C)CC(C)C)OC(C)COP(OC(C)CC(C)C)OC(C)CC(C)C)SCCC(=O)O)OC(C)CC(C)C. The van der Waals surface area contributed by atoms with Gasteiger partial charge in [-0.1, -0.05) is 134 Å². The highest BCUT2D eigenvalue weighted by atomic mass is 32.7. The summed E-state index contributed by atoms with van der Waals surface area (Å²) >= 11 is 3.76. The highest BCUT2D eigenvalue weighted by molar-refractivity contribution is 8.55. The van der Waals surface area contributed by atoms with E-state index in [1.165, 1.54) is 22.8 Å². The number of aliphatic carboxylic acids is 1. The van der Waals surface area contributed by atoms with Gasteiger partial charge in [-0.05, 0) is 207 Å². The van der Waals surface area contributed by atoms with Crippen LogP contribution in [0.5, 0.6) is 0 Å². The molecule has 0 aromatic carbocycles. The second kappa shape index (κ2) is 58.5. The van der Waals surface area contributed by atoms with Gasteiger partial charge in [0.1, 0.15) is 0 Å². The molecule has 0 fully saturated rings. The molecule has 0 aliphatic heterocycles. The Kier molecular flexibility index (Phi) is 60.0. The summed E-state index contributed by atoms with van der Waals surface area (Å²) in [5.41, 5.74) is 0. The molecular formula is C69H145O21P7S3. The van der Waals surface area contributed by atoms with Crippen LogP contribution in [0.25, 0.3) is 0 Å². The van der Waals surface area contributed by atoms with Crippen LogP contribution in [0.1, 0.15) is 265 Å². The van der Waals surface area contributed by atoms with Crippen molar-refractivity contribution < 1.29 is 95.9 Å². The van der Waals surface area contributed by atoms with E-state index in [0.29, 0.717) is 53.1 Å². The van der Waals surface area contributed by atoms with Crippen molar-refractivity contribution in [1.82, 2.24) is 0 Å². The van der Waals surface area contributed by atoms with Crippen LogP contribution in [0, 0.1) is 47.3 Å². The fourth-order valence-corrected chi connectivity index (χ4v) is 26.0. The monoisotopic (exact) mass is 1620 g/mol. The summed E-state index contributed by atoms with van der Waals surface area (Å²) in [7, 11) is -10.4. The molecule has 0 aliphatic carbocycles. The molecule has 15 unspecified atom stereocenters. The number of rotatable bonds is 66. The molecule has 0 amide bonds. The van der Waals surface area contributed by atoms with Gasteiger partial charge in [0.05, 0.1) is 118 Å². The van der Waals surface area contributed by atoms with Gasteiger partial charge >= 0.3 is 47.2 Å². The van der Waals surface area contributed by atoms with Gasteiger partial charge in [0.25, 0.3) is 0 Å². The Morgan fingerprint density at radius 2 is 0.520 bits per heavy atom. The van der Waals surface area contributed by atoms with Crippen molar-refractivity contribution in [1.29, 1.82) is 0 Å². The molecule has 0 bridgehead atoms. The largest absolute Gasteiger partial charge is 0.481 e. The molecule has 0 radical (unpaired) electrons. The first-order valence-electron chi connectivity index (χ1n) is 36.9. The molecule has 100 heavy (non-hydrogen) atoms. The first-order valence-corrected chi connectivity index (χ1v) is 50.0. The maximum Gasteiger partial charge on any atom is 0.389 e. The molecule has 0 saturated heterocycles. The average Bonchev–Trinajstić information content (AvgIpc) is 0.863. The van der Waals surface area contributed by atoms with Gasteiger partial charge in [-0.25, -0.2) is 4.57 Å². The van der Waals surface area contributed by atoms with Crippen LogP contribution in [-0.2, 0) is 90.8 Å². The van der Waals surface area contributed by atoms with Crippen molar-refractivity contribution in [3.05, 3.63) is 0 Å². The van der Waals surface area contributed by atoms with Crippen molar-refractivity contribution >= 4 is 96.5 Å². The van der Waals surface area contributed by atoms with Crippen molar-refractivity contribution in [2.24, 2.45) is 47.3 Å². The van der Waals surface area contributed by atoms with Gasteiger partial charge in [0.15, 0.2) is 0 Å². The third kappa shape index (κ3) is 59.4. The Labute approximate surface area is 630 Å². The number of hydrogen-bond acceptors (Lipinski definition) is 23. The van der Waals surface area contributed by atoms with E-state index < -0.39 is 99.0 Å². The normalized spacial score (nSPS) is 19.5. The van der Waals surface area contributed by atoms with Gasteiger partial charge in [0.2, 0.25) is 15.2 Å². The molecule has 15 atom stereocenters. The summed E-state index contributed by atoms with van der Waals surface area (Å²) < 4.78 is 132. The lowest BCUT2D eigenvalue weighted by molar-refractivity contribution is -0.136. The van der Waals surface area contributed by atoms with E-state index in [0.717, 1.165) is 62.7 Å². The lowest BCUT2D eigenvalue weighted by atomic mass is 10.1. The molecule has 0 rings (SSSR count). The molecule has 31 heteroatoms. The second-order valence-corrected chi connectivity index (χ2v) is 45.3. The smallest absolute Gasteiger partial charge is 0.389 e. The van der Waals surface area contributed by atoms with E-state index in [1.54, 1.807) is 13.8 Å². The zero-order valence-corrected chi connectivity index (χ0v) is 76.2. The van der Waals surface area contributed by atoms with Crippen LogP contribution in [0.3, 0.4) is 0 Å². The topological polar surface area (TPSA) is 221 Å². The molecule has 0 spiro atoms. The van der Waals surface area contributed by atoms with E-state index >= 15 is 4.57 Å². The number of carbonyl (C=O) groups is 1. The van der Waals surface area contributed by atoms with Gasteiger partial charge in [-0.2, -0.15) is 0 Å². The van der Waals surface area contributed by atoms with Gasteiger partial charge < -0.3 is 77.5 Å². The molecule has 1 N–H and O–H groups in total. The number of carboxylic acids is 1. The first kappa shape index (κ1) is 103. The van der Waals surface area contributed by atoms with Crippen LogP contribution in [-0.4, -0.2) is 140 Å². The lowest BCUT2D eigenvalue weighted by Gasteiger charge is -2.29. The zero-order valence-electron chi connectivity index (χ0n) is 67.5. The van der Waals surface area contributed by atoms with Crippen molar-refractivity contribution in [3.63, 3.8) is 0 Å². The van der Waals surface area contributed by atoms with E-state index in [4.69, 9.17) is 81.4 Å². The third-order valence-electron chi connectivity index (χ3n) is 13.3. The van der Waals surface area contributed by atoms with Crippen molar-refractivity contribution in [2.45, 2.75) is 351 Å². The minimum absolute atomic E-state index is 0.00254. The predicted molar refractivity (Wildman–Crippen MR) is 426 cm³/mol. The molecule has 0 heterocycles. The summed E-state index contributed by atoms with van der Waals surface area (Å²) in [5, 5.41) is 9.76. The van der Waals surface area contributed by atoms with E-state index in [2.05, 4.69) is 138 Å². The van der Waals surface area contributed by atoms with E-state index in [9.17, 15) is 9.90 Å². The van der Waals surface area contributed by atoms with Gasteiger partial charge in [-0.3, -0.25) is 13.8 Å². The highest BCUT2D eigenvalue weighted by Crippen LogP contribution is 2.64. The Balaban J connectivity index is 7.11. The fraction of sp³-hybridized carbons (Fsp3) is 0.986. The van der Waals surface area contributed by atoms with E-state index in [-0.39, 0.29) is 93.2 Å². The van der Waals surface area contributed by atoms with Crippen LogP contribution in [0.15, 0.2) is 0 Å². The zero-order chi connectivity index (χ0) is 76.4. The summed E-state index contributed by atoms with van der Waals surface area (Å²) in [6.45, 7) is 58.3. The summed E-state index contributed by atoms with van der Waals surface area (Å²) in [4.78, 5) is 11.9. The lowest BCUT2D eigenvalue weighted by Crippen LogP contribution is -2.21. The fourth-order valence-electron chi connectivity index (χ4n) is 9.87. The highest BCUT2D eigenvalue weighted by Gasteiger charge is 2.36. The third-order valence-corrected chi connectivity index (χ3v) is 29.9. The molecule has 0 aliphatic rings. The van der Waals surface area contributed by atoms with Crippen molar-refractivity contribution in [2.75, 3.05) is 43.7 Å². The summed E-state index contributed by atoms with van der Waals surface area (Å²) in [5.74, 6) is 3.16. The van der Waals surface area contributed by atoms with Gasteiger partial charge in [-0.15, -0.1) is 0 Å². The van der Waals surface area contributed by atoms with E-state index in [1.807, 2.05) is 55.4 Å². The number of hydrogen-bond donors (Lipinski definition) is 1. The quantitative estimate of drug-likeness (QED) is 0.0559. The molecular weight excluding hydrogens is 1480 g/mol. The summed E-state index contributed by atoms with van der Waals surface area (Å²) in [6.07, 6.45) is 2.38. The Morgan fingerprint density at radius 3 is 0.760 bits per heavy atom. The summed E-state index contributed by atoms with van der Waals surface area (Å²) in [6, 6.07) is 0. The Bertz CT molecular complexity index is 1870. The molecule has 21 nitrogen and oxygen atoms in total. The molecule has 600 valence electrons. The Hall–Kier alpha value is 2.61. The molecule has 0 aromatic heterocycles. The first-order chi connectivity index (χ1) is 46.5. The Morgan fingerprint density at radius 1 is 0.300 bits per heavy atom. The standard InChI is InChI=1S/C69H145O21P7S3/c1-47(2)33-55(17)77-91(78-56(18)34-48(3)4)73-41-63(25)85-96(86-64(26)42-74-92(79-57(19)35-49(5)6)80-58(20)36-50(7)8)99-45-67(29)87-95(98-32-31-69(70)71)88-68(30)46-100-97(72,89-65(27)43-75-93(81-59(21)37-51(9)10)82-60(22)38-52(11)12)90-66(28)44-76-94(83-61(23)39-53(13)14)84-62(24)40-54(15)16/h47-68H,31-46H2,1-30H3,(H,70,71). The second-order valence-electron chi connectivity index (χ2n) is 30.4. The maximum atomic E-state index is 15.4. The van der Waals surface area contributed by atoms with Crippen LogP contribution in [0.2, 0.25) is 0 Å². The minimum atomic E-state index is -4.07. The van der Waals surface area contributed by atoms with Crippen molar-refractivity contribution in [3.8, 4) is 0 Å². The van der Waals surface area contributed by atoms with Crippen LogP contribution in [0.4, 0.5) is 0 Å². The van der Waals surface area contributed by atoms with Crippen LogP contribution >= 0.6 is 90.5 Å². The number of carboxylic acid groups (broad SMARTS) is 1. The predicted octanol–water partition coefficient (Wildman–Crippen LogP) is 25.2. The van der Waals surface area contributed by atoms with Crippen LogP contribution < -0.4 is 0 Å². The molecule has 0 aromatic rings. The maximum absolute atomic E-state index is 15.4. The minimum Gasteiger partial charge on any atom is -0.481 e.